The van der Waals surface area contributed by atoms with Gasteiger partial charge in [-0.25, -0.2) is 0 Å². The molecule has 178 valence electrons. The molecule has 2 N–H and O–H groups in total. The Bertz CT molecular complexity index is 1040. The Morgan fingerprint density at radius 2 is 1.74 bits per heavy atom. The lowest BCUT2D eigenvalue weighted by atomic mass is 9.83. The number of carbonyl (C=O) groups is 2. The number of carbonyl (C=O) groups excluding carboxylic acids is 2. The molecular weight excluding hydrogens is 428 g/mol. The minimum atomic E-state index is -0.424. The summed E-state index contributed by atoms with van der Waals surface area (Å²) in [6.07, 6.45) is 7.27. The quantitative estimate of drug-likeness (QED) is 0.533. The highest BCUT2D eigenvalue weighted by Crippen LogP contribution is 2.31. The number of ether oxygens (including phenoxy) is 2. The van der Waals surface area contributed by atoms with Crippen molar-refractivity contribution in [2.24, 2.45) is 0 Å². The highest BCUT2D eigenvalue weighted by molar-refractivity contribution is 5.99. The van der Waals surface area contributed by atoms with Gasteiger partial charge in [0, 0.05) is 17.7 Å². The Labute approximate surface area is 201 Å². The Balaban J connectivity index is 1.58. The highest BCUT2D eigenvalue weighted by atomic mass is 16.5. The zero-order valence-corrected chi connectivity index (χ0v) is 19.4. The second-order valence-corrected chi connectivity index (χ2v) is 8.56. The van der Waals surface area contributed by atoms with Gasteiger partial charge in [-0.3, -0.25) is 9.59 Å². The summed E-state index contributed by atoms with van der Waals surface area (Å²) >= 11 is 0. The number of fused-ring (bicyclic) bond motifs is 1. The fourth-order valence-corrected chi connectivity index (χ4v) is 4.17. The summed E-state index contributed by atoms with van der Waals surface area (Å²) in [5.74, 6) is -0.314. The van der Waals surface area contributed by atoms with Crippen molar-refractivity contribution in [1.29, 1.82) is 0 Å². The lowest BCUT2D eigenvalue weighted by Gasteiger charge is -2.28. The summed E-state index contributed by atoms with van der Waals surface area (Å²) in [6, 6.07) is 16.9. The van der Waals surface area contributed by atoms with E-state index in [1.54, 1.807) is 6.07 Å². The van der Waals surface area contributed by atoms with Crippen molar-refractivity contribution in [1.82, 2.24) is 10.6 Å². The van der Waals surface area contributed by atoms with Gasteiger partial charge in [-0.15, -0.1) is 0 Å². The third-order valence-corrected chi connectivity index (χ3v) is 6.18. The van der Waals surface area contributed by atoms with Crippen LogP contribution in [0.2, 0.25) is 0 Å². The van der Waals surface area contributed by atoms with E-state index in [2.05, 4.69) is 10.6 Å². The Morgan fingerprint density at radius 1 is 0.971 bits per heavy atom. The maximum absolute atomic E-state index is 13.4. The SMILES string of the molecule is O=C(NCc1ccccc1)C(=C1CCC1)C1C/C=C/COCCOCc2ccccc2C(=O)N1. The van der Waals surface area contributed by atoms with Gasteiger partial charge in [0.05, 0.1) is 32.5 Å². The van der Waals surface area contributed by atoms with Crippen LogP contribution in [0.15, 0.2) is 77.9 Å². The first-order valence-corrected chi connectivity index (χ1v) is 12.0. The molecule has 1 unspecified atom stereocenters. The maximum Gasteiger partial charge on any atom is 0.252 e. The molecule has 0 aromatic heterocycles. The minimum absolute atomic E-state index is 0.119. The largest absolute Gasteiger partial charge is 0.375 e. The zero-order valence-electron chi connectivity index (χ0n) is 19.4. The lowest BCUT2D eigenvalue weighted by Crippen LogP contribution is -2.42. The predicted octanol–water partition coefficient (Wildman–Crippen LogP) is 4.08. The monoisotopic (exact) mass is 460 g/mol. The van der Waals surface area contributed by atoms with E-state index in [1.807, 2.05) is 60.7 Å². The molecule has 2 aromatic rings. The number of allylic oxidation sites excluding steroid dienone is 1. The standard InChI is InChI=1S/C28H32N2O4/c31-27-24-14-5-4-11-23(24)20-34-18-17-33-16-7-6-15-25(30-27)26(22-12-8-13-22)28(32)29-19-21-9-2-1-3-10-21/h1-7,9-11,14,25H,8,12-13,15-20H2,(H,29,32)(H,30,31)/b7-6+. The average Bonchev–Trinajstić information content (AvgIpc) is 2.83. The van der Waals surface area contributed by atoms with E-state index in [1.165, 1.54) is 0 Å². The molecule has 0 saturated heterocycles. The zero-order chi connectivity index (χ0) is 23.6. The lowest BCUT2D eigenvalue weighted by molar-refractivity contribution is -0.118. The molecule has 1 fully saturated rings. The molecule has 2 amide bonds. The van der Waals surface area contributed by atoms with Crippen LogP contribution in [0.25, 0.3) is 0 Å². The molecule has 1 atom stereocenters. The number of nitrogens with one attached hydrogen (secondary N) is 2. The van der Waals surface area contributed by atoms with E-state index >= 15 is 0 Å². The van der Waals surface area contributed by atoms with Gasteiger partial charge in [0.2, 0.25) is 5.91 Å². The Kier molecular flexibility index (Phi) is 8.65. The third-order valence-electron chi connectivity index (χ3n) is 6.18. The smallest absolute Gasteiger partial charge is 0.252 e. The van der Waals surface area contributed by atoms with E-state index in [0.717, 1.165) is 36.0 Å². The molecule has 0 radical (unpaired) electrons. The summed E-state index contributed by atoms with van der Waals surface area (Å²) < 4.78 is 11.3. The number of hydrogen-bond acceptors (Lipinski definition) is 4. The first-order valence-electron chi connectivity index (χ1n) is 12.0. The molecule has 4 rings (SSSR count). The van der Waals surface area contributed by atoms with Gasteiger partial charge in [-0.05, 0) is 42.9 Å². The minimum Gasteiger partial charge on any atom is -0.375 e. The van der Waals surface area contributed by atoms with E-state index in [0.29, 0.717) is 50.5 Å². The van der Waals surface area contributed by atoms with Gasteiger partial charge in [-0.2, -0.15) is 0 Å². The molecule has 2 aliphatic rings. The van der Waals surface area contributed by atoms with E-state index in [-0.39, 0.29) is 11.8 Å². The van der Waals surface area contributed by atoms with Crippen molar-refractivity contribution in [3.05, 3.63) is 94.6 Å². The van der Waals surface area contributed by atoms with Crippen molar-refractivity contribution in [2.75, 3.05) is 19.8 Å². The van der Waals surface area contributed by atoms with Crippen molar-refractivity contribution in [3.63, 3.8) is 0 Å². The van der Waals surface area contributed by atoms with Crippen LogP contribution < -0.4 is 10.6 Å². The van der Waals surface area contributed by atoms with E-state index < -0.39 is 6.04 Å². The van der Waals surface area contributed by atoms with Gasteiger partial charge < -0.3 is 20.1 Å². The van der Waals surface area contributed by atoms with Crippen LogP contribution in [0.4, 0.5) is 0 Å². The number of hydrogen-bond donors (Lipinski definition) is 2. The topological polar surface area (TPSA) is 76.7 Å². The van der Waals surface area contributed by atoms with Gasteiger partial charge >= 0.3 is 0 Å². The molecule has 1 saturated carbocycles. The van der Waals surface area contributed by atoms with Crippen LogP contribution in [0, 0.1) is 0 Å². The van der Waals surface area contributed by atoms with Crippen molar-refractivity contribution >= 4 is 11.8 Å². The predicted molar refractivity (Wildman–Crippen MR) is 131 cm³/mol. The molecule has 1 aliphatic carbocycles. The van der Waals surface area contributed by atoms with E-state index in [4.69, 9.17) is 9.47 Å². The number of amides is 2. The van der Waals surface area contributed by atoms with Crippen LogP contribution >= 0.6 is 0 Å². The van der Waals surface area contributed by atoms with Crippen LogP contribution in [0.1, 0.15) is 47.2 Å². The second-order valence-electron chi connectivity index (χ2n) is 8.56. The summed E-state index contributed by atoms with van der Waals surface area (Å²) in [4.78, 5) is 26.7. The van der Waals surface area contributed by atoms with Crippen LogP contribution in [0.5, 0.6) is 0 Å². The van der Waals surface area contributed by atoms with Crippen molar-refractivity contribution in [3.8, 4) is 0 Å². The van der Waals surface area contributed by atoms with Crippen molar-refractivity contribution in [2.45, 2.75) is 44.9 Å². The van der Waals surface area contributed by atoms with Crippen LogP contribution in [-0.2, 0) is 27.4 Å². The maximum atomic E-state index is 13.4. The fraction of sp³-hybridized carbons (Fsp3) is 0.357. The molecule has 6 heteroatoms. The molecule has 1 heterocycles. The summed E-state index contributed by atoms with van der Waals surface area (Å²) in [5.41, 5.74) is 4.23. The summed E-state index contributed by atoms with van der Waals surface area (Å²) in [6.45, 7) is 2.19. The average molecular weight is 461 g/mol. The number of benzene rings is 2. The Morgan fingerprint density at radius 3 is 2.53 bits per heavy atom. The molecule has 6 nitrogen and oxygen atoms in total. The third kappa shape index (κ3) is 6.43. The molecule has 0 spiro atoms. The van der Waals surface area contributed by atoms with Gasteiger partial charge in [0.15, 0.2) is 0 Å². The molecule has 34 heavy (non-hydrogen) atoms. The van der Waals surface area contributed by atoms with Crippen LogP contribution in [0.3, 0.4) is 0 Å². The summed E-state index contributed by atoms with van der Waals surface area (Å²) in [7, 11) is 0. The molecular formula is C28H32N2O4. The first-order chi connectivity index (χ1) is 16.7. The van der Waals surface area contributed by atoms with E-state index in [9.17, 15) is 9.59 Å². The van der Waals surface area contributed by atoms with Crippen LogP contribution in [-0.4, -0.2) is 37.7 Å². The number of rotatable bonds is 4. The summed E-state index contributed by atoms with van der Waals surface area (Å²) in [5, 5.41) is 6.22. The van der Waals surface area contributed by atoms with Crippen molar-refractivity contribution < 1.29 is 19.1 Å². The fourth-order valence-electron chi connectivity index (χ4n) is 4.17. The molecule has 1 aliphatic heterocycles. The molecule has 2 aromatic carbocycles. The van der Waals surface area contributed by atoms with Gasteiger partial charge in [-0.1, -0.05) is 66.3 Å². The van der Waals surface area contributed by atoms with Gasteiger partial charge in [0.1, 0.15) is 0 Å². The highest BCUT2D eigenvalue weighted by Gasteiger charge is 2.28. The second kappa shape index (κ2) is 12.3. The van der Waals surface area contributed by atoms with Gasteiger partial charge in [0.25, 0.3) is 5.91 Å². The normalized spacial score (nSPS) is 20.2. The molecule has 0 bridgehead atoms. The first kappa shape index (κ1) is 23.9. The Hall–Kier alpha value is -3.22.